The minimum Gasteiger partial charge on any atom is -0.493 e. The molecular weight excluding hydrogens is 229 g/mol. The molecule has 0 aromatic heterocycles. The smallest absolute Gasteiger partial charge is 0.128 e. The van der Waals surface area contributed by atoms with Gasteiger partial charge in [-0.05, 0) is 24.5 Å². The van der Waals surface area contributed by atoms with Crippen LogP contribution in [-0.4, -0.2) is 6.61 Å². The summed E-state index contributed by atoms with van der Waals surface area (Å²) in [6.07, 6.45) is 1.84. The third-order valence-electron chi connectivity index (χ3n) is 2.61. The maximum atomic E-state index is 13.0. The van der Waals surface area contributed by atoms with Crippen molar-refractivity contribution in [2.24, 2.45) is 0 Å². The lowest BCUT2D eigenvalue weighted by molar-refractivity contribution is 0.309. The fourth-order valence-electron chi connectivity index (χ4n) is 1.78. The molecule has 0 fully saturated rings. The quantitative estimate of drug-likeness (QED) is 0.647. The van der Waals surface area contributed by atoms with Crippen LogP contribution in [0.15, 0.2) is 48.5 Å². The third kappa shape index (κ3) is 3.77. The van der Waals surface area contributed by atoms with Gasteiger partial charge in [-0.1, -0.05) is 30.3 Å². The van der Waals surface area contributed by atoms with Crippen molar-refractivity contribution >= 4 is 5.69 Å². The maximum absolute atomic E-state index is 13.0. The van der Waals surface area contributed by atoms with E-state index in [1.807, 2.05) is 18.2 Å². The van der Waals surface area contributed by atoms with Crippen LogP contribution in [0.2, 0.25) is 0 Å². The van der Waals surface area contributed by atoms with Crippen LogP contribution in [0.25, 0.3) is 0 Å². The number of anilines is 1. The topological polar surface area (TPSA) is 35.2 Å². The van der Waals surface area contributed by atoms with Gasteiger partial charge in [-0.2, -0.15) is 0 Å². The van der Waals surface area contributed by atoms with Crippen LogP contribution < -0.4 is 10.5 Å². The Hall–Kier alpha value is -2.03. The van der Waals surface area contributed by atoms with Gasteiger partial charge in [0.25, 0.3) is 0 Å². The van der Waals surface area contributed by atoms with Crippen LogP contribution in [-0.2, 0) is 6.42 Å². The van der Waals surface area contributed by atoms with Gasteiger partial charge in [0.1, 0.15) is 11.6 Å². The molecule has 2 nitrogen and oxygen atoms in total. The van der Waals surface area contributed by atoms with E-state index >= 15 is 0 Å². The Kier molecular flexibility index (Phi) is 4.18. The van der Waals surface area contributed by atoms with E-state index in [9.17, 15) is 4.39 Å². The normalized spacial score (nSPS) is 10.3. The monoisotopic (exact) mass is 245 g/mol. The Morgan fingerprint density at radius 1 is 1.06 bits per heavy atom. The van der Waals surface area contributed by atoms with E-state index in [2.05, 4.69) is 12.1 Å². The van der Waals surface area contributed by atoms with E-state index in [4.69, 9.17) is 10.5 Å². The molecule has 0 atom stereocenters. The largest absolute Gasteiger partial charge is 0.493 e. The Balaban J connectivity index is 1.78. The van der Waals surface area contributed by atoms with Crippen LogP contribution in [0.1, 0.15) is 12.0 Å². The molecule has 94 valence electrons. The molecule has 0 aliphatic rings. The minimum absolute atomic E-state index is 0.368. The number of hydrogen-bond donors (Lipinski definition) is 1. The number of benzene rings is 2. The molecule has 2 rings (SSSR count). The molecule has 3 heteroatoms. The highest BCUT2D eigenvalue weighted by molar-refractivity contribution is 5.44. The van der Waals surface area contributed by atoms with E-state index in [1.165, 1.54) is 17.7 Å². The minimum atomic E-state index is -0.368. The zero-order valence-corrected chi connectivity index (χ0v) is 10.1. The Bertz CT molecular complexity index is 479. The summed E-state index contributed by atoms with van der Waals surface area (Å²) in [4.78, 5) is 0. The molecule has 2 aromatic rings. The fourth-order valence-corrected chi connectivity index (χ4v) is 1.78. The second-order valence-corrected chi connectivity index (χ2v) is 4.16. The summed E-state index contributed by atoms with van der Waals surface area (Å²) < 4.78 is 18.5. The summed E-state index contributed by atoms with van der Waals surface area (Å²) in [6, 6.07) is 14.4. The van der Waals surface area contributed by atoms with Crippen molar-refractivity contribution in [1.82, 2.24) is 0 Å². The van der Waals surface area contributed by atoms with Gasteiger partial charge in [-0.3, -0.25) is 0 Å². The highest BCUT2D eigenvalue weighted by Crippen LogP contribution is 2.18. The first kappa shape index (κ1) is 12.4. The number of ether oxygens (including phenoxy) is 1. The van der Waals surface area contributed by atoms with Gasteiger partial charge in [0, 0.05) is 17.8 Å². The first-order valence-corrected chi connectivity index (χ1v) is 5.97. The van der Waals surface area contributed by atoms with Gasteiger partial charge in [0.15, 0.2) is 0 Å². The van der Waals surface area contributed by atoms with Crippen molar-refractivity contribution in [2.75, 3.05) is 12.3 Å². The number of halogens is 1. The Labute approximate surface area is 106 Å². The highest BCUT2D eigenvalue weighted by atomic mass is 19.1. The molecule has 18 heavy (non-hydrogen) atoms. The molecule has 0 saturated carbocycles. The predicted molar refractivity (Wildman–Crippen MR) is 71.1 cm³/mol. The van der Waals surface area contributed by atoms with E-state index < -0.39 is 0 Å². The van der Waals surface area contributed by atoms with Crippen molar-refractivity contribution in [3.8, 4) is 5.75 Å². The third-order valence-corrected chi connectivity index (χ3v) is 2.61. The summed E-state index contributed by atoms with van der Waals surface area (Å²) in [7, 11) is 0. The first-order valence-electron chi connectivity index (χ1n) is 5.97. The molecule has 2 aromatic carbocycles. The summed E-state index contributed by atoms with van der Waals surface area (Å²) in [5.41, 5.74) is 7.19. The zero-order chi connectivity index (χ0) is 12.8. The summed E-state index contributed by atoms with van der Waals surface area (Å²) in [5.74, 6) is 0.119. The standard InChI is InChI=1S/C15H16FNO/c16-13-9-14(17)11-15(10-13)18-8-4-7-12-5-2-1-3-6-12/h1-3,5-6,9-11H,4,7-8,17H2. The van der Waals surface area contributed by atoms with Gasteiger partial charge in [-0.15, -0.1) is 0 Å². The van der Waals surface area contributed by atoms with Crippen molar-refractivity contribution in [1.29, 1.82) is 0 Å². The van der Waals surface area contributed by atoms with Crippen molar-refractivity contribution in [2.45, 2.75) is 12.8 Å². The van der Waals surface area contributed by atoms with Gasteiger partial charge >= 0.3 is 0 Å². The van der Waals surface area contributed by atoms with Crippen LogP contribution in [0.4, 0.5) is 10.1 Å². The molecule has 0 saturated heterocycles. The number of aryl methyl sites for hydroxylation is 1. The summed E-state index contributed by atoms with van der Waals surface area (Å²) in [6.45, 7) is 0.553. The van der Waals surface area contributed by atoms with Crippen molar-refractivity contribution in [3.63, 3.8) is 0 Å². The van der Waals surface area contributed by atoms with Gasteiger partial charge in [-0.25, -0.2) is 4.39 Å². The summed E-state index contributed by atoms with van der Waals surface area (Å²) >= 11 is 0. The molecule has 0 spiro atoms. The second-order valence-electron chi connectivity index (χ2n) is 4.16. The van der Waals surface area contributed by atoms with E-state index in [1.54, 1.807) is 6.07 Å². The lowest BCUT2D eigenvalue weighted by Crippen LogP contribution is -2.00. The van der Waals surface area contributed by atoms with Crippen molar-refractivity contribution in [3.05, 3.63) is 59.9 Å². The van der Waals surface area contributed by atoms with Crippen LogP contribution in [0.3, 0.4) is 0 Å². The van der Waals surface area contributed by atoms with E-state index in [0.717, 1.165) is 12.8 Å². The summed E-state index contributed by atoms with van der Waals surface area (Å²) in [5, 5.41) is 0. The first-order chi connectivity index (χ1) is 8.74. The highest BCUT2D eigenvalue weighted by Gasteiger charge is 1.99. The van der Waals surface area contributed by atoms with E-state index in [0.29, 0.717) is 18.0 Å². The molecule has 0 amide bonds. The van der Waals surface area contributed by atoms with Crippen LogP contribution >= 0.6 is 0 Å². The average Bonchev–Trinajstić information content (AvgIpc) is 2.35. The Morgan fingerprint density at radius 3 is 2.56 bits per heavy atom. The number of nitrogen functional groups attached to an aromatic ring is 1. The Morgan fingerprint density at radius 2 is 1.83 bits per heavy atom. The molecule has 0 unspecified atom stereocenters. The number of hydrogen-bond acceptors (Lipinski definition) is 2. The number of nitrogens with two attached hydrogens (primary N) is 1. The molecule has 0 bridgehead atoms. The molecule has 0 heterocycles. The second kappa shape index (κ2) is 6.05. The lowest BCUT2D eigenvalue weighted by atomic mass is 10.1. The van der Waals surface area contributed by atoms with E-state index in [-0.39, 0.29) is 5.82 Å². The lowest BCUT2D eigenvalue weighted by Gasteiger charge is -2.07. The zero-order valence-electron chi connectivity index (χ0n) is 10.1. The average molecular weight is 245 g/mol. The van der Waals surface area contributed by atoms with Gasteiger partial charge in [0.05, 0.1) is 6.61 Å². The van der Waals surface area contributed by atoms with Crippen molar-refractivity contribution < 1.29 is 9.13 Å². The maximum Gasteiger partial charge on any atom is 0.128 e. The fraction of sp³-hybridized carbons (Fsp3) is 0.200. The SMILES string of the molecule is Nc1cc(F)cc(OCCCc2ccccc2)c1. The van der Waals surface area contributed by atoms with Gasteiger partial charge in [0.2, 0.25) is 0 Å². The molecular formula is C15H16FNO. The van der Waals surface area contributed by atoms with Crippen LogP contribution in [0, 0.1) is 5.82 Å². The van der Waals surface area contributed by atoms with Crippen LogP contribution in [0.5, 0.6) is 5.75 Å². The predicted octanol–water partition coefficient (Wildman–Crippen LogP) is 3.42. The molecule has 0 aliphatic carbocycles. The molecule has 0 radical (unpaired) electrons. The number of rotatable bonds is 5. The molecule has 0 aliphatic heterocycles. The molecule has 2 N–H and O–H groups in total. The van der Waals surface area contributed by atoms with Gasteiger partial charge < -0.3 is 10.5 Å².